The summed E-state index contributed by atoms with van der Waals surface area (Å²) in [6, 6.07) is 9.18. The Morgan fingerprint density at radius 3 is 2.65 bits per heavy atom. The van der Waals surface area contributed by atoms with Crippen LogP contribution in [0.2, 0.25) is 0 Å². The number of pyridine rings is 1. The number of rotatable bonds is 3. The lowest BCUT2D eigenvalue weighted by Crippen LogP contribution is -2.04. The second kappa shape index (κ2) is 5.96. The van der Waals surface area contributed by atoms with Gasteiger partial charge in [0.15, 0.2) is 0 Å². The third kappa shape index (κ3) is 3.30. The van der Waals surface area contributed by atoms with Crippen LogP contribution in [-0.2, 0) is 4.74 Å². The Balaban J connectivity index is 2.40. The summed E-state index contributed by atoms with van der Waals surface area (Å²) in [5.74, 6) is -0.399. The van der Waals surface area contributed by atoms with Crippen LogP contribution in [0.1, 0.15) is 21.6 Å². The fraction of sp³-hybridized carbons (Fsp3) is 0.200. The molecule has 0 bridgehead atoms. The number of nitrogens with zero attached hydrogens (tertiary/aromatic N) is 1. The van der Waals surface area contributed by atoms with Crippen LogP contribution >= 0.6 is 11.8 Å². The minimum Gasteiger partial charge on any atom is -0.465 e. The molecule has 0 fully saturated rings. The summed E-state index contributed by atoms with van der Waals surface area (Å²) in [6.07, 6.45) is 0. The van der Waals surface area contributed by atoms with Crippen LogP contribution < -0.4 is 5.73 Å². The lowest BCUT2D eigenvalue weighted by molar-refractivity contribution is 0.0597. The van der Waals surface area contributed by atoms with Gasteiger partial charge in [-0.2, -0.15) is 0 Å². The van der Waals surface area contributed by atoms with E-state index in [2.05, 4.69) is 4.98 Å². The molecule has 0 unspecified atom stereocenters. The highest BCUT2D eigenvalue weighted by atomic mass is 32.2. The Morgan fingerprint density at radius 1 is 1.25 bits per heavy atom. The molecule has 0 atom stereocenters. The Bertz CT molecular complexity index is 636. The summed E-state index contributed by atoms with van der Waals surface area (Å²) in [6.45, 7) is 3.96. The molecule has 0 aliphatic carbocycles. The minimum absolute atomic E-state index is 0.399. The molecular weight excluding hydrogens is 272 g/mol. The van der Waals surface area contributed by atoms with Gasteiger partial charge in [0, 0.05) is 16.3 Å². The van der Waals surface area contributed by atoms with Crippen LogP contribution in [0.4, 0.5) is 5.69 Å². The zero-order chi connectivity index (χ0) is 14.7. The number of benzene rings is 1. The van der Waals surface area contributed by atoms with Crippen molar-refractivity contribution in [1.82, 2.24) is 4.98 Å². The number of aromatic nitrogens is 1. The first-order valence-electron chi connectivity index (χ1n) is 6.10. The molecule has 4 nitrogen and oxygen atoms in total. The maximum absolute atomic E-state index is 11.8. The van der Waals surface area contributed by atoms with Gasteiger partial charge in [-0.3, -0.25) is 0 Å². The quantitative estimate of drug-likeness (QED) is 0.694. The van der Waals surface area contributed by atoms with Gasteiger partial charge >= 0.3 is 5.97 Å². The van der Waals surface area contributed by atoms with Gasteiger partial charge in [-0.05, 0) is 49.7 Å². The number of hydrogen-bond acceptors (Lipinski definition) is 5. The lowest BCUT2D eigenvalue weighted by atomic mass is 10.2. The van der Waals surface area contributed by atoms with Gasteiger partial charge < -0.3 is 10.5 Å². The number of carbonyl (C=O) groups is 1. The molecule has 0 aliphatic rings. The maximum Gasteiger partial charge on any atom is 0.339 e. The molecule has 2 rings (SSSR count). The molecule has 0 spiro atoms. The van der Waals surface area contributed by atoms with Crippen LogP contribution in [0.5, 0.6) is 0 Å². The zero-order valence-corrected chi connectivity index (χ0v) is 12.5. The largest absolute Gasteiger partial charge is 0.465 e. The Labute approximate surface area is 122 Å². The van der Waals surface area contributed by atoms with E-state index >= 15 is 0 Å². The van der Waals surface area contributed by atoms with Crippen LogP contribution in [-0.4, -0.2) is 18.1 Å². The van der Waals surface area contributed by atoms with Crippen LogP contribution in [0.3, 0.4) is 0 Å². The Kier molecular flexibility index (Phi) is 4.29. The molecule has 0 radical (unpaired) electrons. The molecule has 0 aliphatic heterocycles. The second-order valence-electron chi connectivity index (χ2n) is 4.47. The van der Waals surface area contributed by atoms with Crippen molar-refractivity contribution in [2.24, 2.45) is 0 Å². The third-order valence-corrected chi connectivity index (χ3v) is 3.69. The van der Waals surface area contributed by atoms with Gasteiger partial charge in [0.25, 0.3) is 0 Å². The number of anilines is 1. The normalized spacial score (nSPS) is 10.3. The molecule has 2 N–H and O–H groups in total. The smallest absolute Gasteiger partial charge is 0.339 e. The van der Waals surface area contributed by atoms with Crippen LogP contribution in [0.25, 0.3) is 0 Å². The van der Waals surface area contributed by atoms with E-state index in [1.54, 1.807) is 12.1 Å². The molecule has 1 aromatic carbocycles. The fourth-order valence-electron chi connectivity index (χ4n) is 1.88. The summed E-state index contributed by atoms with van der Waals surface area (Å²) in [5, 5.41) is 0.845. The predicted molar refractivity (Wildman–Crippen MR) is 80.0 cm³/mol. The Morgan fingerprint density at radius 2 is 2.00 bits per heavy atom. The molecule has 0 saturated heterocycles. The molecular formula is C15H16N2O2S. The van der Waals surface area contributed by atoms with Crippen molar-refractivity contribution in [1.29, 1.82) is 0 Å². The van der Waals surface area contributed by atoms with E-state index in [-0.39, 0.29) is 0 Å². The van der Waals surface area contributed by atoms with Crippen LogP contribution in [0.15, 0.2) is 40.3 Å². The number of ether oxygens (including phenoxy) is 1. The molecule has 20 heavy (non-hydrogen) atoms. The lowest BCUT2D eigenvalue weighted by Gasteiger charge is -2.09. The van der Waals surface area contributed by atoms with Gasteiger partial charge in [0.1, 0.15) is 5.03 Å². The van der Waals surface area contributed by atoms with Gasteiger partial charge in [0.05, 0.1) is 12.7 Å². The molecule has 1 aromatic heterocycles. The van der Waals surface area contributed by atoms with Crippen molar-refractivity contribution in [3.8, 4) is 0 Å². The van der Waals surface area contributed by atoms with Crippen molar-refractivity contribution in [3.63, 3.8) is 0 Å². The van der Waals surface area contributed by atoms with Gasteiger partial charge in [0.2, 0.25) is 0 Å². The number of methoxy groups -OCH3 is 1. The van der Waals surface area contributed by atoms with Crippen molar-refractivity contribution < 1.29 is 9.53 Å². The van der Waals surface area contributed by atoms with Crippen molar-refractivity contribution in [3.05, 3.63) is 47.2 Å². The average Bonchev–Trinajstić information content (AvgIpc) is 2.38. The van der Waals surface area contributed by atoms with E-state index in [0.29, 0.717) is 11.3 Å². The maximum atomic E-state index is 11.8. The fourth-order valence-corrected chi connectivity index (χ4v) is 2.92. The van der Waals surface area contributed by atoms with Gasteiger partial charge in [-0.25, -0.2) is 9.78 Å². The van der Waals surface area contributed by atoms with Gasteiger partial charge in [-0.15, -0.1) is 0 Å². The summed E-state index contributed by atoms with van der Waals surface area (Å²) >= 11 is 1.43. The van der Waals surface area contributed by atoms with Crippen LogP contribution in [0, 0.1) is 13.8 Å². The third-order valence-electron chi connectivity index (χ3n) is 2.70. The number of nitrogen functional groups attached to an aromatic ring is 1. The molecule has 2 aromatic rings. The highest BCUT2D eigenvalue weighted by Gasteiger charge is 2.14. The van der Waals surface area contributed by atoms with E-state index < -0.39 is 5.97 Å². The number of aryl methyl sites for hydroxylation is 2. The number of esters is 1. The second-order valence-corrected chi connectivity index (χ2v) is 5.54. The monoisotopic (exact) mass is 288 g/mol. The topological polar surface area (TPSA) is 65.2 Å². The Hall–Kier alpha value is -2.01. The molecule has 1 heterocycles. The van der Waals surface area contributed by atoms with E-state index in [9.17, 15) is 4.79 Å². The number of carbonyl (C=O) groups excluding carboxylic acids is 1. The summed E-state index contributed by atoms with van der Waals surface area (Å²) in [4.78, 5) is 17.0. The average molecular weight is 288 g/mol. The highest BCUT2D eigenvalue weighted by molar-refractivity contribution is 7.99. The first-order valence-corrected chi connectivity index (χ1v) is 6.92. The standard InChI is InChI=1S/C15H16N2O2S/c1-9-6-10(2)17-14(7-9)20-13-5-4-11(16)8-12(13)15(18)19-3/h4-8H,16H2,1-3H3. The van der Waals surface area contributed by atoms with Crippen molar-refractivity contribution >= 4 is 23.4 Å². The predicted octanol–water partition coefficient (Wildman–Crippen LogP) is 3.22. The first-order chi connectivity index (χ1) is 9.49. The zero-order valence-electron chi connectivity index (χ0n) is 11.6. The van der Waals surface area contributed by atoms with Crippen molar-refractivity contribution in [2.75, 3.05) is 12.8 Å². The molecule has 5 heteroatoms. The first kappa shape index (κ1) is 14.4. The van der Waals surface area contributed by atoms with Crippen molar-refractivity contribution in [2.45, 2.75) is 23.8 Å². The number of hydrogen-bond donors (Lipinski definition) is 1. The SMILES string of the molecule is COC(=O)c1cc(N)ccc1Sc1cc(C)cc(C)n1. The molecule has 104 valence electrons. The highest BCUT2D eigenvalue weighted by Crippen LogP contribution is 2.31. The van der Waals surface area contributed by atoms with E-state index in [0.717, 1.165) is 21.2 Å². The van der Waals surface area contributed by atoms with E-state index in [1.807, 2.05) is 32.0 Å². The summed E-state index contributed by atoms with van der Waals surface area (Å²) in [7, 11) is 1.36. The number of nitrogens with two attached hydrogens (primary N) is 1. The van der Waals surface area contributed by atoms with E-state index in [4.69, 9.17) is 10.5 Å². The van der Waals surface area contributed by atoms with Gasteiger partial charge in [-0.1, -0.05) is 11.8 Å². The molecule has 0 amide bonds. The minimum atomic E-state index is -0.399. The van der Waals surface area contributed by atoms with E-state index in [1.165, 1.54) is 18.9 Å². The molecule has 0 saturated carbocycles. The summed E-state index contributed by atoms with van der Waals surface area (Å²) < 4.78 is 4.79. The summed E-state index contributed by atoms with van der Waals surface area (Å²) in [5.41, 5.74) is 8.80.